The highest BCUT2D eigenvalue weighted by atomic mass is 127. The van der Waals surface area contributed by atoms with Gasteiger partial charge in [-0.05, 0) is 111 Å². The van der Waals surface area contributed by atoms with Crippen LogP contribution in [0.4, 0.5) is 10.5 Å². The molecule has 3 aromatic rings. The first-order valence-corrected chi connectivity index (χ1v) is 12.5. The van der Waals surface area contributed by atoms with Crippen molar-refractivity contribution in [3.05, 3.63) is 88.5 Å². The lowest BCUT2D eigenvalue weighted by atomic mass is 10.1. The Morgan fingerprint density at radius 3 is 2.36 bits per heavy atom. The Morgan fingerprint density at radius 1 is 1.09 bits per heavy atom. The van der Waals surface area contributed by atoms with Crippen LogP contribution in [0.1, 0.15) is 27.0 Å². The van der Waals surface area contributed by atoms with Crippen LogP contribution >= 0.6 is 61.1 Å². The number of hydrogen-bond donors (Lipinski definition) is 3. The van der Waals surface area contributed by atoms with E-state index in [-0.39, 0.29) is 5.56 Å². The number of aromatic carboxylic acids is 1. The fraction of sp³-hybridized carbons (Fsp3) is 0.0870. The largest absolute Gasteiger partial charge is 0.487 e. The second-order valence-corrected chi connectivity index (χ2v) is 10.1. The number of aryl methyl sites for hydroxylation is 1. The first kappa shape index (κ1) is 25.4. The van der Waals surface area contributed by atoms with Crippen molar-refractivity contribution in [3.8, 4) is 5.75 Å². The van der Waals surface area contributed by atoms with E-state index < -0.39 is 12.0 Å². The minimum Gasteiger partial charge on any atom is -0.487 e. The topological polar surface area (TPSA) is 100 Å². The summed E-state index contributed by atoms with van der Waals surface area (Å²) in [6, 6.07) is 15.4. The third kappa shape index (κ3) is 7.40. The molecule has 0 saturated heterocycles. The molecule has 3 aromatic carbocycles. The minimum absolute atomic E-state index is 0.237. The number of hydrogen-bond acceptors (Lipinski definition) is 4. The molecular formula is C23H18BrI2N3O4. The van der Waals surface area contributed by atoms with Crippen LogP contribution in [-0.4, -0.2) is 23.3 Å². The zero-order valence-electron chi connectivity index (χ0n) is 17.2. The van der Waals surface area contributed by atoms with Gasteiger partial charge in [-0.15, -0.1) is 0 Å². The van der Waals surface area contributed by atoms with Gasteiger partial charge in [-0.2, -0.15) is 5.10 Å². The zero-order chi connectivity index (χ0) is 24.0. The van der Waals surface area contributed by atoms with Crippen molar-refractivity contribution in [1.29, 1.82) is 0 Å². The summed E-state index contributed by atoms with van der Waals surface area (Å²) in [6.07, 6.45) is 1.56. The molecule has 0 fully saturated rings. The fourth-order valence-corrected chi connectivity index (χ4v) is 5.11. The van der Waals surface area contributed by atoms with E-state index in [2.05, 4.69) is 77.0 Å². The number of amides is 2. The molecule has 0 unspecified atom stereocenters. The Labute approximate surface area is 226 Å². The Morgan fingerprint density at radius 2 is 1.76 bits per heavy atom. The molecule has 0 radical (unpaired) electrons. The second-order valence-electron chi connectivity index (χ2n) is 6.89. The van der Waals surface area contributed by atoms with Gasteiger partial charge in [0, 0.05) is 10.2 Å². The molecule has 10 heteroatoms. The summed E-state index contributed by atoms with van der Waals surface area (Å²) in [4.78, 5) is 23.0. The number of carbonyl (C=O) groups excluding carboxylic acids is 1. The highest BCUT2D eigenvalue weighted by Gasteiger charge is 2.10. The summed E-state index contributed by atoms with van der Waals surface area (Å²) < 4.78 is 8.69. The average Bonchev–Trinajstić information content (AvgIpc) is 2.76. The van der Waals surface area contributed by atoms with Crippen LogP contribution < -0.4 is 15.5 Å². The molecule has 0 saturated carbocycles. The van der Waals surface area contributed by atoms with E-state index in [1.54, 1.807) is 36.5 Å². The van der Waals surface area contributed by atoms with Crippen molar-refractivity contribution in [2.45, 2.75) is 13.5 Å². The standard InChI is InChI=1S/C23H18BrI2N3O4/c1-13-8-17(6-7-18(13)24)28-23(32)29-27-11-15-9-19(25)21(20(26)10-15)33-12-14-2-4-16(5-3-14)22(30)31/h2-11H,12H2,1H3,(H,30,31)(H2,28,29,32)/b27-11+. The maximum absolute atomic E-state index is 12.1. The molecule has 0 aliphatic heterocycles. The van der Waals surface area contributed by atoms with Crippen LogP contribution in [0, 0.1) is 14.1 Å². The fourth-order valence-electron chi connectivity index (χ4n) is 2.74. The molecule has 3 N–H and O–H groups in total. The third-order valence-corrected chi connectivity index (χ3v) is 6.89. The van der Waals surface area contributed by atoms with Crippen molar-refractivity contribution < 1.29 is 19.4 Å². The Hall–Kier alpha value is -2.19. The number of carbonyl (C=O) groups is 2. The molecule has 2 amide bonds. The number of rotatable bonds is 7. The number of benzene rings is 3. The predicted molar refractivity (Wildman–Crippen MR) is 148 cm³/mol. The van der Waals surface area contributed by atoms with E-state index in [4.69, 9.17) is 9.84 Å². The molecule has 0 aromatic heterocycles. The Kier molecular flexibility index (Phi) is 9.09. The molecule has 0 aliphatic carbocycles. The van der Waals surface area contributed by atoms with Gasteiger partial charge in [0.2, 0.25) is 0 Å². The van der Waals surface area contributed by atoms with E-state index in [9.17, 15) is 9.59 Å². The van der Waals surface area contributed by atoms with Gasteiger partial charge in [-0.3, -0.25) is 0 Å². The van der Waals surface area contributed by atoms with E-state index in [0.29, 0.717) is 12.3 Å². The number of anilines is 1. The third-order valence-electron chi connectivity index (χ3n) is 4.40. The molecule has 0 spiro atoms. The number of nitrogens with one attached hydrogen (secondary N) is 2. The van der Waals surface area contributed by atoms with Gasteiger partial charge in [0.1, 0.15) is 12.4 Å². The van der Waals surface area contributed by atoms with Crippen molar-refractivity contribution >= 4 is 85.0 Å². The van der Waals surface area contributed by atoms with Crippen LogP contribution in [0.25, 0.3) is 0 Å². The minimum atomic E-state index is -0.959. The number of halogens is 3. The quantitative estimate of drug-likeness (QED) is 0.149. The molecule has 0 heterocycles. The van der Waals surface area contributed by atoms with Gasteiger partial charge in [0.05, 0.1) is 18.9 Å². The maximum atomic E-state index is 12.1. The molecular weight excluding hydrogens is 716 g/mol. The first-order valence-electron chi connectivity index (χ1n) is 9.53. The summed E-state index contributed by atoms with van der Waals surface area (Å²) >= 11 is 7.79. The zero-order valence-corrected chi connectivity index (χ0v) is 23.1. The number of ether oxygens (including phenoxy) is 1. The van der Waals surface area contributed by atoms with Crippen molar-refractivity contribution in [2.24, 2.45) is 5.10 Å². The lowest BCUT2D eigenvalue weighted by Gasteiger charge is -2.11. The van der Waals surface area contributed by atoms with Crippen LogP contribution in [0.2, 0.25) is 0 Å². The number of hydrazone groups is 1. The van der Waals surface area contributed by atoms with Crippen molar-refractivity contribution in [3.63, 3.8) is 0 Å². The van der Waals surface area contributed by atoms with E-state index >= 15 is 0 Å². The van der Waals surface area contributed by atoms with Crippen LogP contribution in [0.5, 0.6) is 5.75 Å². The number of urea groups is 1. The van der Waals surface area contributed by atoms with E-state index in [1.165, 1.54) is 0 Å². The predicted octanol–water partition coefficient (Wildman–Crippen LogP) is 6.40. The summed E-state index contributed by atoms with van der Waals surface area (Å²) in [7, 11) is 0. The highest BCUT2D eigenvalue weighted by molar-refractivity contribution is 14.1. The number of carboxylic acid groups (broad SMARTS) is 1. The lowest BCUT2D eigenvalue weighted by molar-refractivity contribution is 0.0696. The van der Waals surface area contributed by atoms with Gasteiger partial charge >= 0.3 is 12.0 Å². The van der Waals surface area contributed by atoms with Crippen molar-refractivity contribution in [1.82, 2.24) is 5.43 Å². The lowest BCUT2D eigenvalue weighted by Crippen LogP contribution is -2.24. The highest BCUT2D eigenvalue weighted by Crippen LogP contribution is 2.29. The Balaban J connectivity index is 1.58. The molecule has 170 valence electrons. The SMILES string of the molecule is Cc1cc(NC(=O)N/N=C/c2cc(I)c(OCc3ccc(C(=O)O)cc3)c(I)c2)ccc1Br. The molecule has 0 atom stereocenters. The average molecular weight is 734 g/mol. The van der Waals surface area contributed by atoms with Gasteiger partial charge in [-0.25, -0.2) is 15.0 Å². The molecule has 7 nitrogen and oxygen atoms in total. The van der Waals surface area contributed by atoms with Crippen LogP contribution in [-0.2, 0) is 6.61 Å². The van der Waals surface area contributed by atoms with Gasteiger partial charge in [0.15, 0.2) is 0 Å². The summed E-state index contributed by atoms with van der Waals surface area (Å²) in [5.74, 6) is -0.230. The number of carboxylic acids is 1. The monoisotopic (exact) mass is 733 g/mol. The van der Waals surface area contributed by atoms with Crippen LogP contribution in [0.3, 0.4) is 0 Å². The number of nitrogens with zero attached hydrogens (tertiary/aromatic N) is 1. The molecule has 0 bridgehead atoms. The molecule has 0 aliphatic rings. The molecule has 33 heavy (non-hydrogen) atoms. The normalized spacial score (nSPS) is 10.8. The van der Waals surface area contributed by atoms with Crippen molar-refractivity contribution in [2.75, 3.05) is 5.32 Å². The molecule has 3 rings (SSSR count). The van der Waals surface area contributed by atoms with Crippen LogP contribution in [0.15, 0.2) is 64.2 Å². The second kappa shape index (κ2) is 11.8. The van der Waals surface area contributed by atoms with Gasteiger partial charge in [-0.1, -0.05) is 28.1 Å². The Bertz CT molecular complexity index is 1190. The van der Waals surface area contributed by atoms with E-state index in [1.807, 2.05) is 31.2 Å². The summed E-state index contributed by atoms with van der Waals surface area (Å²) in [5.41, 5.74) is 6.06. The smallest absolute Gasteiger partial charge is 0.339 e. The van der Waals surface area contributed by atoms with Gasteiger partial charge < -0.3 is 15.2 Å². The van der Waals surface area contributed by atoms with E-state index in [0.717, 1.165) is 34.1 Å². The summed E-state index contributed by atoms with van der Waals surface area (Å²) in [6.45, 7) is 2.26. The first-order chi connectivity index (χ1) is 15.7. The van der Waals surface area contributed by atoms with Gasteiger partial charge in [0.25, 0.3) is 0 Å². The maximum Gasteiger partial charge on any atom is 0.339 e. The summed E-state index contributed by atoms with van der Waals surface area (Å²) in [5, 5.41) is 15.7.